The van der Waals surface area contributed by atoms with Crippen molar-refractivity contribution in [1.29, 1.82) is 0 Å². The first-order chi connectivity index (χ1) is 32.7. The van der Waals surface area contributed by atoms with E-state index in [1.54, 1.807) is 0 Å². The second kappa shape index (κ2) is 15.4. The van der Waals surface area contributed by atoms with Crippen LogP contribution in [0.4, 0.5) is 62.6 Å². The summed E-state index contributed by atoms with van der Waals surface area (Å²) in [6.45, 7) is 0. The Morgan fingerprint density at radius 2 is 0.939 bits per heavy atom. The Labute approximate surface area is 385 Å². The van der Waals surface area contributed by atoms with Crippen LogP contribution in [0.3, 0.4) is 0 Å². The minimum absolute atomic E-state index is 0.224. The van der Waals surface area contributed by atoms with Crippen molar-refractivity contribution in [2.24, 2.45) is 7.05 Å². The van der Waals surface area contributed by atoms with E-state index in [4.69, 9.17) is 0 Å². The summed E-state index contributed by atoms with van der Waals surface area (Å²) in [7, 11) is 2.19. The van der Waals surface area contributed by atoms with Crippen molar-refractivity contribution in [1.82, 2.24) is 4.57 Å². The van der Waals surface area contributed by atoms with Crippen LogP contribution in [0.5, 0.6) is 0 Å². The van der Waals surface area contributed by atoms with Gasteiger partial charge in [-0.25, -0.2) is 4.90 Å². The Kier molecular flexibility index (Phi) is 8.90. The highest BCUT2D eigenvalue weighted by Crippen LogP contribution is 2.51. The lowest BCUT2D eigenvalue weighted by Crippen LogP contribution is -2.95. The molecule has 1 aromatic heterocycles. The van der Waals surface area contributed by atoms with E-state index in [0.717, 1.165) is 34.1 Å². The van der Waals surface area contributed by atoms with Crippen LogP contribution >= 0.6 is 0 Å². The third kappa shape index (κ3) is 6.05. The summed E-state index contributed by atoms with van der Waals surface area (Å²) in [6.07, 6.45) is 9.10. The van der Waals surface area contributed by atoms with Crippen molar-refractivity contribution >= 4 is 84.4 Å². The highest BCUT2D eigenvalue weighted by molar-refractivity contribution is 6.11. The molecule has 3 unspecified atom stereocenters. The van der Waals surface area contributed by atoms with Crippen molar-refractivity contribution in [3.8, 4) is 11.1 Å². The van der Waals surface area contributed by atoms with Crippen LogP contribution in [-0.2, 0) is 7.05 Å². The molecule has 1 N–H and O–H groups in total. The monoisotopic (exact) mass is 848 g/mol. The standard InChI is InChI=1S/C61H45N5/c1-62-56-34-30-46(63(42-18-6-2-7-19-42)48-32-36-60-52(38-48)50-26-14-16-28-58(50)65(60)44-22-10-4-11-23-44)40-54(56)55-41-47(31-35-57(55)62)64(43-20-8-3-9-21-43)49-33-37-61-53(39-49)51-27-15-17-29-59(51)66(61)45-24-12-5-13-25-45/h2-41,50,58H,1H3/p+1. The number of aryl methyl sites for hydroxylation is 1. The van der Waals surface area contributed by atoms with Gasteiger partial charge in [0.05, 0.1) is 11.6 Å². The van der Waals surface area contributed by atoms with Crippen LogP contribution in [0.2, 0.25) is 0 Å². The Bertz CT molecular complexity index is 3520. The molecular weight excluding hydrogens is 803 g/mol. The molecule has 1 aliphatic carbocycles. The average Bonchev–Trinajstić information content (AvgIpc) is 3.99. The van der Waals surface area contributed by atoms with Gasteiger partial charge in [-0.1, -0.05) is 109 Å². The van der Waals surface area contributed by atoms with Crippen molar-refractivity contribution in [3.05, 3.63) is 248 Å². The molecule has 0 amide bonds. The maximum absolute atomic E-state index is 2.50. The first kappa shape index (κ1) is 38.1. The summed E-state index contributed by atoms with van der Waals surface area (Å²) in [6, 6.07) is 80.2. The summed E-state index contributed by atoms with van der Waals surface area (Å²) >= 11 is 0. The summed E-state index contributed by atoms with van der Waals surface area (Å²) in [5, 5.41) is 2.42. The Morgan fingerprint density at radius 1 is 0.424 bits per heavy atom. The number of rotatable bonds is 8. The molecule has 3 heterocycles. The highest BCUT2D eigenvalue weighted by atomic mass is 15.2. The molecular formula is C61H46N5+. The van der Waals surface area contributed by atoms with Crippen molar-refractivity contribution < 1.29 is 4.90 Å². The Hall–Kier alpha value is -8.38. The smallest absolute Gasteiger partial charge is 0.149 e. The van der Waals surface area contributed by atoms with Gasteiger partial charge in [0.15, 0.2) is 0 Å². The lowest BCUT2D eigenvalue weighted by atomic mass is 9.91. The number of hydrogen-bond acceptors (Lipinski definition) is 3. The second-order valence-corrected chi connectivity index (χ2v) is 17.6. The molecule has 0 bridgehead atoms. The van der Waals surface area contributed by atoms with Crippen molar-refractivity contribution in [2.75, 3.05) is 14.7 Å². The molecule has 13 rings (SSSR count). The van der Waals surface area contributed by atoms with E-state index in [9.17, 15) is 0 Å². The minimum atomic E-state index is 0.224. The zero-order chi connectivity index (χ0) is 43.7. The maximum atomic E-state index is 2.50. The van der Waals surface area contributed by atoms with Gasteiger partial charge in [-0.2, -0.15) is 0 Å². The van der Waals surface area contributed by atoms with Crippen LogP contribution in [0.15, 0.2) is 243 Å². The summed E-state index contributed by atoms with van der Waals surface area (Å²) in [5.41, 5.74) is 19.2. The summed E-state index contributed by atoms with van der Waals surface area (Å²) < 4.78 is 2.34. The molecule has 0 spiro atoms. The van der Waals surface area contributed by atoms with E-state index in [0.29, 0.717) is 0 Å². The minimum Gasteiger partial charge on any atom is -0.344 e. The SMILES string of the molecule is Cn1c2ccc(N(c3ccccc3)c3ccc4c(c3)-c3ccccc3[NH+]4c3ccccc3)cc2c2cc(N(c3ccccc3)c3ccc4c(c3)C3C=CC=CC3N4c3ccccc3)ccc21. The van der Waals surface area contributed by atoms with Crippen LogP contribution in [-0.4, -0.2) is 10.6 Å². The van der Waals surface area contributed by atoms with Gasteiger partial charge in [0.2, 0.25) is 0 Å². The molecule has 9 aromatic carbocycles. The third-order valence-corrected chi connectivity index (χ3v) is 13.9. The second-order valence-electron chi connectivity index (χ2n) is 17.6. The van der Waals surface area contributed by atoms with Gasteiger partial charge in [-0.05, 0) is 127 Å². The lowest BCUT2D eigenvalue weighted by Gasteiger charge is -2.28. The van der Waals surface area contributed by atoms with Gasteiger partial charge in [-0.3, -0.25) is 0 Å². The topological polar surface area (TPSA) is 19.1 Å². The molecule has 5 heteroatoms. The average molecular weight is 849 g/mol. The number of aromatic nitrogens is 1. The normalized spacial score (nSPS) is 16.6. The fraction of sp³-hybridized carbons (Fsp3) is 0.0492. The molecule has 66 heavy (non-hydrogen) atoms. The predicted molar refractivity (Wildman–Crippen MR) is 275 cm³/mol. The van der Waals surface area contributed by atoms with Crippen molar-refractivity contribution in [3.63, 3.8) is 0 Å². The number of nitrogens with one attached hydrogen (secondary N) is 1. The predicted octanol–water partition coefficient (Wildman–Crippen LogP) is 15.2. The van der Waals surface area contributed by atoms with E-state index in [1.165, 1.54) is 71.8 Å². The van der Waals surface area contributed by atoms with E-state index >= 15 is 0 Å². The zero-order valence-corrected chi connectivity index (χ0v) is 36.5. The van der Waals surface area contributed by atoms with Crippen LogP contribution in [0.1, 0.15) is 11.5 Å². The largest absolute Gasteiger partial charge is 0.344 e. The highest BCUT2D eigenvalue weighted by Gasteiger charge is 2.38. The van der Waals surface area contributed by atoms with Gasteiger partial charge in [-0.15, -0.1) is 0 Å². The molecule has 0 radical (unpaired) electrons. The molecule has 314 valence electrons. The number of quaternary nitrogens is 1. The van der Waals surface area contributed by atoms with E-state index in [2.05, 4.69) is 269 Å². The van der Waals surface area contributed by atoms with Crippen LogP contribution in [0, 0.1) is 0 Å². The van der Waals surface area contributed by atoms with E-state index < -0.39 is 0 Å². The number of nitrogens with zero attached hydrogens (tertiary/aromatic N) is 4. The van der Waals surface area contributed by atoms with Gasteiger partial charge >= 0.3 is 0 Å². The quantitative estimate of drug-likeness (QED) is 0.164. The molecule has 0 saturated carbocycles. The third-order valence-electron chi connectivity index (χ3n) is 13.9. The lowest BCUT2D eigenvalue weighted by molar-refractivity contribution is -0.677. The molecule has 0 fully saturated rings. The van der Waals surface area contributed by atoms with Crippen molar-refractivity contribution in [2.45, 2.75) is 12.0 Å². The molecule has 0 saturated heterocycles. The zero-order valence-electron chi connectivity index (χ0n) is 36.5. The van der Waals surface area contributed by atoms with E-state index in [1.807, 2.05) is 0 Å². The van der Waals surface area contributed by atoms with Crippen LogP contribution in [0.25, 0.3) is 32.9 Å². The Balaban J connectivity index is 0.947. The fourth-order valence-electron chi connectivity index (χ4n) is 11.0. The Morgan fingerprint density at radius 3 is 1.61 bits per heavy atom. The summed E-state index contributed by atoms with van der Waals surface area (Å²) in [5.74, 6) is 0.249. The molecule has 2 aliphatic heterocycles. The van der Waals surface area contributed by atoms with Gasteiger partial charge in [0, 0.05) is 98.0 Å². The number of benzene rings is 9. The number of anilines is 8. The molecule has 5 nitrogen and oxygen atoms in total. The first-order valence-corrected chi connectivity index (χ1v) is 22.9. The number of para-hydroxylation sites is 5. The number of hydrogen-bond donors (Lipinski definition) is 1. The maximum Gasteiger partial charge on any atom is 0.149 e. The molecule has 3 aliphatic rings. The van der Waals surface area contributed by atoms with Gasteiger partial charge < -0.3 is 19.3 Å². The number of allylic oxidation sites excluding steroid dienone is 2. The van der Waals surface area contributed by atoms with E-state index in [-0.39, 0.29) is 12.0 Å². The first-order valence-electron chi connectivity index (χ1n) is 22.9. The van der Waals surface area contributed by atoms with Gasteiger partial charge in [0.1, 0.15) is 17.1 Å². The van der Waals surface area contributed by atoms with Gasteiger partial charge in [0.25, 0.3) is 0 Å². The summed E-state index contributed by atoms with van der Waals surface area (Å²) in [4.78, 5) is 8.62. The molecule has 3 atom stereocenters. The number of fused-ring (bicyclic) bond motifs is 9. The molecule has 10 aromatic rings. The fourth-order valence-corrected chi connectivity index (χ4v) is 11.0. The van der Waals surface area contributed by atoms with Crippen LogP contribution < -0.4 is 19.6 Å².